The molecular formula is C13H16N2O3. The summed E-state index contributed by atoms with van der Waals surface area (Å²) in [4.78, 5) is 0. The Labute approximate surface area is 105 Å². The number of rotatable bonds is 5. The number of methoxy groups -OCH3 is 2. The van der Waals surface area contributed by atoms with Crippen molar-refractivity contribution in [1.29, 1.82) is 0 Å². The lowest BCUT2D eigenvalue weighted by molar-refractivity contribution is 0.354. The van der Waals surface area contributed by atoms with Gasteiger partial charge in [-0.15, -0.1) is 0 Å². The van der Waals surface area contributed by atoms with Gasteiger partial charge in [0, 0.05) is 5.56 Å². The Balaban J connectivity index is 2.37. The average molecular weight is 248 g/mol. The lowest BCUT2D eigenvalue weighted by Gasteiger charge is -2.16. The Hall–Kier alpha value is -1.98. The van der Waals surface area contributed by atoms with Crippen molar-refractivity contribution in [1.82, 2.24) is 5.43 Å². The Morgan fingerprint density at radius 2 is 1.89 bits per heavy atom. The first-order valence-electron chi connectivity index (χ1n) is 5.50. The SMILES string of the molecule is COc1ccc(C(NN)c2ccoc2)cc1OC. The Kier molecular flexibility index (Phi) is 3.86. The molecule has 3 N–H and O–H groups in total. The molecule has 0 aliphatic heterocycles. The Morgan fingerprint density at radius 1 is 1.11 bits per heavy atom. The maximum atomic E-state index is 5.59. The van der Waals surface area contributed by atoms with E-state index in [1.54, 1.807) is 26.7 Å². The lowest BCUT2D eigenvalue weighted by atomic mass is 10.0. The summed E-state index contributed by atoms with van der Waals surface area (Å²) in [5, 5.41) is 0. The monoisotopic (exact) mass is 248 g/mol. The molecule has 0 radical (unpaired) electrons. The third kappa shape index (κ3) is 2.32. The number of hydrogen-bond donors (Lipinski definition) is 2. The molecule has 0 saturated carbocycles. The molecule has 1 aromatic carbocycles. The fourth-order valence-electron chi connectivity index (χ4n) is 1.86. The van der Waals surface area contributed by atoms with Crippen LogP contribution in [0.3, 0.4) is 0 Å². The number of ether oxygens (including phenoxy) is 2. The smallest absolute Gasteiger partial charge is 0.161 e. The number of furan rings is 1. The van der Waals surface area contributed by atoms with Crippen molar-refractivity contribution in [2.45, 2.75) is 6.04 Å². The van der Waals surface area contributed by atoms with E-state index in [9.17, 15) is 0 Å². The van der Waals surface area contributed by atoms with Gasteiger partial charge < -0.3 is 13.9 Å². The second-order valence-electron chi connectivity index (χ2n) is 3.77. The number of nitrogens with two attached hydrogens (primary N) is 1. The first kappa shape index (κ1) is 12.5. The van der Waals surface area contributed by atoms with E-state index in [4.69, 9.17) is 19.7 Å². The molecule has 1 unspecified atom stereocenters. The van der Waals surface area contributed by atoms with Crippen molar-refractivity contribution >= 4 is 0 Å². The van der Waals surface area contributed by atoms with Crippen LogP contribution in [0.2, 0.25) is 0 Å². The first-order chi connectivity index (χ1) is 8.80. The summed E-state index contributed by atoms with van der Waals surface area (Å²) in [6, 6.07) is 7.37. The predicted octanol–water partition coefficient (Wildman–Crippen LogP) is 1.85. The van der Waals surface area contributed by atoms with E-state index in [2.05, 4.69) is 5.43 Å². The summed E-state index contributed by atoms with van der Waals surface area (Å²) in [5.41, 5.74) is 4.67. The van der Waals surface area contributed by atoms with E-state index >= 15 is 0 Å². The van der Waals surface area contributed by atoms with Crippen molar-refractivity contribution in [2.24, 2.45) is 5.84 Å². The molecule has 0 amide bonds. The van der Waals surface area contributed by atoms with Crippen molar-refractivity contribution < 1.29 is 13.9 Å². The zero-order valence-corrected chi connectivity index (χ0v) is 10.3. The molecule has 1 heterocycles. The van der Waals surface area contributed by atoms with Crippen molar-refractivity contribution in [3.05, 3.63) is 47.9 Å². The summed E-state index contributed by atoms with van der Waals surface area (Å²) in [7, 11) is 3.20. The molecule has 0 fully saturated rings. The highest BCUT2D eigenvalue weighted by Gasteiger charge is 2.15. The van der Waals surface area contributed by atoms with Gasteiger partial charge in [0.2, 0.25) is 0 Å². The summed E-state index contributed by atoms with van der Waals surface area (Å²) in [5.74, 6) is 6.94. The van der Waals surface area contributed by atoms with Gasteiger partial charge in [-0.25, -0.2) is 5.43 Å². The van der Waals surface area contributed by atoms with Gasteiger partial charge in [-0.1, -0.05) is 6.07 Å². The highest BCUT2D eigenvalue weighted by atomic mass is 16.5. The van der Waals surface area contributed by atoms with Crippen LogP contribution in [-0.4, -0.2) is 14.2 Å². The number of hydrazine groups is 1. The summed E-state index contributed by atoms with van der Waals surface area (Å²) < 4.78 is 15.5. The van der Waals surface area contributed by atoms with Crippen LogP contribution in [-0.2, 0) is 0 Å². The van der Waals surface area contributed by atoms with Gasteiger partial charge in [-0.05, 0) is 23.8 Å². The first-order valence-corrected chi connectivity index (χ1v) is 5.50. The van der Waals surface area contributed by atoms with Crippen LogP contribution in [0.15, 0.2) is 41.2 Å². The molecule has 0 saturated heterocycles. The van der Waals surface area contributed by atoms with Gasteiger partial charge in [-0.2, -0.15) is 0 Å². The summed E-state index contributed by atoms with van der Waals surface area (Å²) in [6.45, 7) is 0. The molecule has 96 valence electrons. The summed E-state index contributed by atoms with van der Waals surface area (Å²) >= 11 is 0. The van der Waals surface area contributed by atoms with Crippen LogP contribution in [0.1, 0.15) is 17.2 Å². The second kappa shape index (κ2) is 5.57. The fourth-order valence-corrected chi connectivity index (χ4v) is 1.86. The van der Waals surface area contributed by atoms with Crippen molar-refractivity contribution in [3.63, 3.8) is 0 Å². The highest BCUT2D eigenvalue weighted by Crippen LogP contribution is 2.31. The van der Waals surface area contributed by atoms with Crippen LogP contribution >= 0.6 is 0 Å². The standard InChI is InChI=1S/C13H16N2O3/c1-16-11-4-3-9(7-12(11)17-2)13(15-14)10-5-6-18-8-10/h3-8,13,15H,14H2,1-2H3. The molecule has 1 atom stereocenters. The molecule has 2 rings (SSSR count). The van der Waals surface area contributed by atoms with E-state index in [-0.39, 0.29) is 6.04 Å². The van der Waals surface area contributed by atoms with E-state index < -0.39 is 0 Å². The number of hydrogen-bond acceptors (Lipinski definition) is 5. The van der Waals surface area contributed by atoms with Crippen LogP contribution < -0.4 is 20.7 Å². The molecule has 0 bridgehead atoms. The lowest BCUT2D eigenvalue weighted by Crippen LogP contribution is -2.28. The molecule has 0 spiro atoms. The van der Waals surface area contributed by atoms with Crippen LogP contribution in [0, 0.1) is 0 Å². The molecule has 0 aliphatic carbocycles. The fraction of sp³-hybridized carbons (Fsp3) is 0.231. The third-order valence-corrected chi connectivity index (χ3v) is 2.78. The quantitative estimate of drug-likeness (QED) is 0.624. The Bertz CT molecular complexity index is 497. The van der Waals surface area contributed by atoms with E-state index in [0.29, 0.717) is 11.5 Å². The number of benzene rings is 1. The van der Waals surface area contributed by atoms with Crippen molar-refractivity contribution in [3.8, 4) is 11.5 Å². The highest BCUT2D eigenvalue weighted by molar-refractivity contribution is 5.45. The van der Waals surface area contributed by atoms with Crippen LogP contribution in [0.25, 0.3) is 0 Å². The molecular weight excluding hydrogens is 232 g/mol. The minimum absolute atomic E-state index is 0.149. The van der Waals surface area contributed by atoms with E-state index in [0.717, 1.165) is 11.1 Å². The third-order valence-electron chi connectivity index (χ3n) is 2.78. The maximum absolute atomic E-state index is 5.59. The van der Waals surface area contributed by atoms with Gasteiger partial charge in [0.25, 0.3) is 0 Å². The zero-order chi connectivity index (χ0) is 13.0. The number of nitrogens with one attached hydrogen (secondary N) is 1. The molecule has 1 aromatic heterocycles. The molecule has 2 aromatic rings. The van der Waals surface area contributed by atoms with Gasteiger partial charge in [0.1, 0.15) is 0 Å². The second-order valence-corrected chi connectivity index (χ2v) is 3.77. The maximum Gasteiger partial charge on any atom is 0.161 e. The van der Waals surface area contributed by atoms with E-state index in [1.165, 1.54) is 0 Å². The molecule has 0 aliphatic rings. The minimum Gasteiger partial charge on any atom is -0.493 e. The van der Waals surface area contributed by atoms with E-state index in [1.807, 2.05) is 24.3 Å². The van der Waals surface area contributed by atoms with Gasteiger partial charge in [0.15, 0.2) is 11.5 Å². The van der Waals surface area contributed by atoms with Crippen LogP contribution in [0.5, 0.6) is 11.5 Å². The van der Waals surface area contributed by atoms with Gasteiger partial charge >= 0.3 is 0 Å². The van der Waals surface area contributed by atoms with Crippen LogP contribution in [0.4, 0.5) is 0 Å². The Morgan fingerprint density at radius 3 is 2.44 bits per heavy atom. The predicted molar refractivity (Wildman–Crippen MR) is 67.4 cm³/mol. The minimum atomic E-state index is -0.149. The average Bonchev–Trinajstić information content (AvgIpc) is 2.93. The van der Waals surface area contributed by atoms with Crippen molar-refractivity contribution in [2.75, 3.05) is 14.2 Å². The van der Waals surface area contributed by atoms with Gasteiger partial charge in [-0.3, -0.25) is 5.84 Å². The normalized spacial score (nSPS) is 12.2. The summed E-state index contributed by atoms with van der Waals surface area (Å²) in [6.07, 6.45) is 3.27. The topological polar surface area (TPSA) is 69.7 Å². The zero-order valence-electron chi connectivity index (χ0n) is 10.3. The molecule has 5 nitrogen and oxygen atoms in total. The molecule has 5 heteroatoms. The largest absolute Gasteiger partial charge is 0.493 e. The molecule has 18 heavy (non-hydrogen) atoms. The van der Waals surface area contributed by atoms with Gasteiger partial charge in [0.05, 0.1) is 32.8 Å².